The first-order valence-electron chi connectivity index (χ1n) is 5.43. The van der Waals surface area contributed by atoms with E-state index in [2.05, 4.69) is 4.84 Å². The van der Waals surface area contributed by atoms with Gasteiger partial charge in [0.2, 0.25) is 0 Å². The zero-order chi connectivity index (χ0) is 10.7. The minimum atomic E-state index is -0.118. The van der Waals surface area contributed by atoms with Crippen molar-refractivity contribution >= 4 is 0 Å². The minimum absolute atomic E-state index is 0.118. The van der Waals surface area contributed by atoms with Gasteiger partial charge in [0.15, 0.2) is 0 Å². The van der Waals surface area contributed by atoms with Gasteiger partial charge < -0.3 is 4.84 Å². The number of hydrogen-bond donors (Lipinski definition) is 1. The SMILES string of the molecule is NOCCc1cc2c(cc1F)CCCC2. The van der Waals surface area contributed by atoms with Crippen LogP contribution < -0.4 is 5.90 Å². The molecule has 1 aliphatic rings. The van der Waals surface area contributed by atoms with E-state index in [9.17, 15) is 4.39 Å². The lowest BCUT2D eigenvalue weighted by molar-refractivity contribution is 0.140. The topological polar surface area (TPSA) is 35.2 Å². The second-order valence-electron chi connectivity index (χ2n) is 4.04. The lowest BCUT2D eigenvalue weighted by atomic mass is 9.89. The smallest absolute Gasteiger partial charge is 0.126 e. The highest BCUT2D eigenvalue weighted by atomic mass is 19.1. The van der Waals surface area contributed by atoms with Gasteiger partial charge in [-0.25, -0.2) is 10.3 Å². The van der Waals surface area contributed by atoms with Gasteiger partial charge in [0.05, 0.1) is 6.61 Å². The van der Waals surface area contributed by atoms with Gasteiger partial charge in [-0.1, -0.05) is 6.07 Å². The minimum Gasteiger partial charge on any atom is -0.304 e. The van der Waals surface area contributed by atoms with Gasteiger partial charge in [-0.05, 0) is 48.4 Å². The number of nitrogens with two attached hydrogens (primary N) is 1. The Labute approximate surface area is 89.2 Å². The molecule has 3 heteroatoms. The molecule has 1 aliphatic carbocycles. The Morgan fingerprint density at radius 3 is 2.53 bits per heavy atom. The van der Waals surface area contributed by atoms with E-state index in [0.29, 0.717) is 13.0 Å². The summed E-state index contributed by atoms with van der Waals surface area (Å²) in [6.07, 6.45) is 5.03. The molecule has 0 saturated carbocycles. The van der Waals surface area contributed by atoms with Crippen LogP contribution in [0.15, 0.2) is 12.1 Å². The van der Waals surface area contributed by atoms with Crippen LogP contribution in [0.3, 0.4) is 0 Å². The molecule has 2 rings (SSSR count). The maximum Gasteiger partial charge on any atom is 0.126 e. The highest BCUT2D eigenvalue weighted by molar-refractivity contribution is 5.35. The van der Waals surface area contributed by atoms with Crippen LogP contribution in [0.25, 0.3) is 0 Å². The fraction of sp³-hybridized carbons (Fsp3) is 0.500. The van der Waals surface area contributed by atoms with Crippen molar-refractivity contribution in [2.45, 2.75) is 32.1 Å². The van der Waals surface area contributed by atoms with Crippen molar-refractivity contribution in [2.24, 2.45) is 5.90 Å². The molecular weight excluding hydrogens is 193 g/mol. The molecule has 0 atom stereocenters. The van der Waals surface area contributed by atoms with E-state index in [1.807, 2.05) is 6.07 Å². The van der Waals surface area contributed by atoms with Crippen molar-refractivity contribution in [2.75, 3.05) is 6.61 Å². The molecule has 15 heavy (non-hydrogen) atoms. The Hall–Kier alpha value is -0.930. The Bertz CT molecular complexity index is 352. The second kappa shape index (κ2) is 4.73. The number of halogens is 1. The predicted molar refractivity (Wildman–Crippen MR) is 56.9 cm³/mol. The van der Waals surface area contributed by atoms with Crippen LogP contribution in [0.4, 0.5) is 4.39 Å². The van der Waals surface area contributed by atoms with E-state index in [1.165, 1.54) is 24.0 Å². The van der Waals surface area contributed by atoms with E-state index in [1.54, 1.807) is 6.07 Å². The van der Waals surface area contributed by atoms with Crippen molar-refractivity contribution < 1.29 is 9.23 Å². The Morgan fingerprint density at radius 1 is 1.20 bits per heavy atom. The van der Waals surface area contributed by atoms with Crippen molar-refractivity contribution in [3.63, 3.8) is 0 Å². The first-order chi connectivity index (χ1) is 7.31. The highest BCUT2D eigenvalue weighted by Gasteiger charge is 2.13. The summed E-state index contributed by atoms with van der Waals surface area (Å²) in [5, 5.41) is 0. The Morgan fingerprint density at radius 2 is 1.87 bits per heavy atom. The summed E-state index contributed by atoms with van der Waals surface area (Å²) < 4.78 is 13.6. The summed E-state index contributed by atoms with van der Waals surface area (Å²) in [5.74, 6) is 4.82. The normalized spacial score (nSPS) is 15.1. The van der Waals surface area contributed by atoms with Gasteiger partial charge >= 0.3 is 0 Å². The van der Waals surface area contributed by atoms with Gasteiger partial charge in [0.1, 0.15) is 5.82 Å². The number of aryl methyl sites for hydroxylation is 2. The monoisotopic (exact) mass is 209 g/mol. The first-order valence-corrected chi connectivity index (χ1v) is 5.43. The van der Waals surface area contributed by atoms with Crippen LogP contribution in [-0.2, 0) is 24.1 Å². The summed E-state index contributed by atoms with van der Waals surface area (Å²) in [6, 6.07) is 3.66. The molecule has 2 N–H and O–H groups in total. The van der Waals surface area contributed by atoms with Crippen molar-refractivity contribution in [1.82, 2.24) is 0 Å². The third-order valence-corrected chi connectivity index (χ3v) is 3.00. The molecule has 0 amide bonds. The molecule has 82 valence electrons. The molecule has 0 saturated heterocycles. The molecule has 0 unspecified atom stereocenters. The molecule has 0 bridgehead atoms. The molecule has 0 spiro atoms. The Balaban J connectivity index is 2.24. The molecule has 0 aliphatic heterocycles. The van der Waals surface area contributed by atoms with Crippen LogP contribution >= 0.6 is 0 Å². The number of rotatable bonds is 3. The van der Waals surface area contributed by atoms with Crippen LogP contribution in [0.2, 0.25) is 0 Å². The average Bonchev–Trinajstić information content (AvgIpc) is 2.26. The number of fused-ring (bicyclic) bond motifs is 1. The zero-order valence-corrected chi connectivity index (χ0v) is 8.76. The summed E-state index contributed by atoms with van der Waals surface area (Å²) >= 11 is 0. The summed E-state index contributed by atoms with van der Waals surface area (Å²) in [6.45, 7) is 0.371. The van der Waals surface area contributed by atoms with Gasteiger partial charge in [-0.3, -0.25) is 0 Å². The lowest BCUT2D eigenvalue weighted by Crippen LogP contribution is -2.08. The van der Waals surface area contributed by atoms with E-state index in [4.69, 9.17) is 5.90 Å². The summed E-state index contributed by atoms with van der Waals surface area (Å²) in [5.41, 5.74) is 3.20. The van der Waals surface area contributed by atoms with Crippen molar-refractivity contribution in [3.8, 4) is 0 Å². The molecule has 0 aromatic heterocycles. The largest absolute Gasteiger partial charge is 0.304 e. The van der Waals surface area contributed by atoms with Crippen LogP contribution in [0, 0.1) is 5.82 Å². The van der Waals surface area contributed by atoms with Gasteiger partial charge in [0, 0.05) is 6.42 Å². The van der Waals surface area contributed by atoms with E-state index < -0.39 is 0 Å². The second-order valence-corrected chi connectivity index (χ2v) is 4.04. The summed E-state index contributed by atoms with van der Waals surface area (Å²) in [4.78, 5) is 4.48. The van der Waals surface area contributed by atoms with Crippen LogP contribution in [-0.4, -0.2) is 6.61 Å². The zero-order valence-electron chi connectivity index (χ0n) is 8.76. The van der Waals surface area contributed by atoms with E-state index in [0.717, 1.165) is 18.4 Å². The molecule has 1 aromatic carbocycles. The summed E-state index contributed by atoms with van der Waals surface area (Å²) in [7, 11) is 0. The van der Waals surface area contributed by atoms with E-state index >= 15 is 0 Å². The van der Waals surface area contributed by atoms with Crippen LogP contribution in [0.5, 0.6) is 0 Å². The third kappa shape index (κ3) is 2.36. The van der Waals surface area contributed by atoms with Gasteiger partial charge in [-0.2, -0.15) is 0 Å². The first kappa shape index (κ1) is 10.6. The fourth-order valence-electron chi connectivity index (χ4n) is 2.17. The van der Waals surface area contributed by atoms with Crippen molar-refractivity contribution in [1.29, 1.82) is 0 Å². The molecule has 0 heterocycles. The van der Waals surface area contributed by atoms with Crippen LogP contribution in [0.1, 0.15) is 29.5 Å². The molecule has 0 fully saturated rings. The highest BCUT2D eigenvalue weighted by Crippen LogP contribution is 2.24. The maximum absolute atomic E-state index is 13.6. The average molecular weight is 209 g/mol. The third-order valence-electron chi connectivity index (χ3n) is 3.00. The van der Waals surface area contributed by atoms with E-state index in [-0.39, 0.29) is 5.82 Å². The molecule has 1 aromatic rings. The molecule has 2 nitrogen and oxygen atoms in total. The number of benzene rings is 1. The quantitative estimate of drug-likeness (QED) is 0.774. The Kier molecular flexibility index (Phi) is 3.34. The van der Waals surface area contributed by atoms with Gasteiger partial charge in [-0.15, -0.1) is 0 Å². The molecular formula is C12H16FNO. The van der Waals surface area contributed by atoms with Crippen molar-refractivity contribution in [3.05, 3.63) is 34.6 Å². The fourth-order valence-corrected chi connectivity index (χ4v) is 2.17. The number of hydrogen-bond acceptors (Lipinski definition) is 2. The van der Waals surface area contributed by atoms with Gasteiger partial charge in [0.25, 0.3) is 0 Å². The predicted octanol–water partition coefficient (Wildman–Crippen LogP) is 2.14. The molecule has 0 radical (unpaired) electrons. The standard InChI is InChI=1S/C12H16FNO/c13-12-8-10-4-2-1-3-9(10)7-11(12)5-6-15-14/h7-8H,1-6,14H2. The maximum atomic E-state index is 13.6. The lowest BCUT2D eigenvalue weighted by Gasteiger charge is -2.17.